The van der Waals surface area contributed by atoms with E-state index in [1.807, 2.05) is 0 Å². The third-order valence-electron chi connectivity index (χ3n) is 2.68. The molecule has 20 heavy (non-hydrogen) atoms. The number of anilines is 2. The van der Waals surface area contributed by atoms with Crippen molar-refractivity contribution in [2.45, 2.75) is 0 Å². The van der Waals surface area contributed by atoms with Gasteiger partial charge in [0.25, 0.3) is 0 Å². The first-order valence-corrected chi connectivity index (χ1v) is 6.02. The lowest BCUT2D eigenvalue weighted by Crippen LogP contribution is -1.99. The first-order valence-electron chi connectivity index (χ1n) is 5.64. The van der Waals surface area contributed by atoms with E-state index in [-0.39, 0.29) is 11.0 Å². The van der Waals surface area contributed by atoms with E-state index in [1.54, 1.807) is 0 Å². The maximum absolute atomic E-state index is 13.8. The second-order valence-corrected chi connectivity index (χ2v) is 4.25. The molecule has 0 aliphatic rings. The highest BCUT2D eigenvalue weighted by Crippen LogP contribution is 2.27. The summed E-state index contributed by atoms with van der Waals surface area (Å²) in [6, 6.07) is 4.35. The van der Waals surface area contributed by atoms with Gasteiger partial charge in [-0.15, -0.1) is 0 Å². The maximum atomic E-state index is 13.8. The van der Waals surface area contributed by atoms with Gasteiger partial charge in [0.15, 0.2) is 11.5 Å². The van der Waals surface area contributed by atoms with Gasteiger partial charge in [0.05, 0.1) is 19.1 Å². The Kier molecular flexibility index (Phi) is 3.11. The highest BCUT2D eigenvalue weighted by atomic mass is 35.5. The van der Waals surface area contributed by atoms with Crippen LogP contribution in [0.5, 0.6) is 5.75 Å². The normalized spacial score (nSPS) is 10.8. The third-order valence-corrected chi connectivity index (χ3v) is 2.85. The molecule has 0 unspecified atom stereocenters. The van der Waals surface area contributed by atoms with E-state index in [0.717, 1.165) is 0 Å². The molecule has 0 radical (unpaired) electrons. The summed E-state index contributed by atoms with van der Waals surface area (Å²) in [6.07, 6.45) is 1.46. The number of aromatic nitrogens is 4. The lowest BCUT2D eigenvalue weighted by Gasteiger charge is -2.09. The molecule has 2 N–H and O–H groups in total. The SMILES string of the molecule is COc1ccc(F)c(Nc2nc(Cl)nc3nc[nH]c23)c1. The van der Waals surface area contributed by atoms with Crippen molar-refractivity contribution in [2.24, 2.45) is 0 Å². The number of H-pyrrole nitrogens is 1. The number of hydrogen-bond donors (Lipinski definition) is 2. The number of fused-ring (bicyclic) bond motifs is 1. The minimum Gasteiger partial charge on any atom is -0.497 e. The lowest BCUT2D eigenvalue weighted by molar-refractivity contribution is 0.414. The molecule has 8 heteroatoms. The highest BCUT2D eigenvalue weighted by molar-refractivity contribution is 6.28. The predicted molar refractivity (Wildman–Crippen MR) is 72.9 cm³/mol. The van der Waals surface area contributed by atoms with Gasteiger partial charge in [0, 0.05) is 6.07 Å². The molecule has 2 aromatic heterocycles. The van der Waals surface area contributed by atoms with Crippen LogP contribution in [0, 0.1) is 5.82 Å². The molecule has 2 heterocycles. The zero-order valence-electron chi connectivity index (χ0n) is 10.3. The number of aromatic amines is 1. The quantitative estimate of drug-likeness (QED) is 0.726. The first kappa shape index (κ1) is 12.6. The van der Waals surface area contributed by atoms with Crippen molar-refractivity contribution >= 4 is 34.3 Å². The Hall–Kier alpha value is -2.41. The average molecular weight is 294 g/mol. The average Bonchev–Trinajstić information content (AvgIpc) is 2.89. The lowest BCUT2D eigenvalue weighted by atomic mass is 10.3. The number of hydrogen-bond acceptors (Lipinski definition) is 5. The van der Waals surface area contributed by atoms with E-state index in [1.165, 1.54) is 31.6 Å². The Morgan fingerprint density at radius 3 is 3.00 bits per heavy atom. The molecule has 0 aliphatic heterocycles. The summed E-state index contributed by atoms with van der Waals surface area (Å²) < 4.78 is 18.9. The van der Waals surface area contributed by atoms with Gasteiger partial charge in [-0.25, -0.2) is 9.37 Å². The van der Waals surface area contributed by atoms with Crippen molar-refractivity contribution in [3.8, 4) is 5.75 Å². The van der Waals surface area contributed by atoms with Gasteiger partial charge >= 0.3 is 0 Å². The van der Waals surface area contributed by atoms with E-state index in [9.17, 15) is 4.39 Å². The largest absolute Gasteiger partial charge is 0.497 e. The number of halogens is 2. The summed E-state index contributed by atoms with van der Waals surface area (Å²) in [5.74, 6) is 0.424. The predicted octanol–water partition coefficient (Wildman–Crippen LogP) is 2.90. The molecule has 6 nitrogen and oxygen atoms in total. The molecule has 0 aliphatic carbocycles. The minimum absolute atomic E-state index is 0.0235. The van der Waals surface area contributed by atoms with Gasteiger partial charge < -0.3 is 15.0 Å². The monoisotopic (exact) mass is 293 g/mol. The summed E-state index contributed by atoms with van der Waals surface area (Å²) in [4.78, 5) is 14.8. The summed E-state index contributed by atoms with van der Waals surface area (Å²) >= 11 is 5.81. The minimum atomic E-state index is -0.437. The van der Waals surface area contributed by atoms with Gasteiger partial charge in [-0.1, -0.05) is 0 Å². The number of nitrogens with one attached hydrogen (secondary N) is 2. The second-order valence-electron chi connectivity index (χ2n) is 3.91. The van der Waals surface area contributed by atoms with Crippen molar-refractivity contribution in [3.05, 3.63) is 35.6 Å². The zero-order valence-corrected chi connectivity index (χ0v) is 11.1. The molecule has 102 valence electrons. The van der Waals surface area contributed by atoms with Crippen molar-refractivity contribution < 1.29 is 9.13 Å². The van der Waals surface area contributed by atoms with Crippen LogP contribution in [0.4, 0.5) is 15.9 Å². The summed E-state index contributed by atoms with van der Waals surface area (Å²) in [6.45, 7) is 0. The molecule has 0 saturated heterocycles. The number of benzene rings is 1. The molecule has 0 saturated carbocycles. The Morgan fingerprint density at radius 1 is 1.35 bits per heavy atom. The summed E-state index contributed by atoms with van der Waals surface area (Å²) in [7, 11) is 1.51. The highest BCUT2D eigenvalue weighted by Gasteiger charge is 2.11. The van der Waals surface area contributed by atoms with Crippen LogP contribution < -0.4 is 10.1 Å². The van der Waals surface area contributed by atoms with Crippen molar-refractivity contribution in [2.75, 3.05) is 12.4 Å². The third kappa shape index (κ3) is 2.23. The van der Waals surface area contributed by atoms with Gasteiger partial charge in [0.1, 0.15) is 17.1 Å². The van der Waals surface area contributed by atoms with Gasteiger partial charge in [-0.2, -0.15) is 9.97 Å². The molecule has 3 aromatic rings. The van der Waals surface area contributed by atoms with Crippen LogP contribution in [0.25, 0.3) is 11.2 Å². The Labute approximate surface area is 118 Å². The molecule has 0 spiro atoms. The number of rotatable bonds is 3. The fourth-order valence-electron chi connectivity index (χ4n) is 1.75. The van der Waals surface area contributed by atoms with Crippen LogP contribution in [0.15, 0.2) is 24.5 Å². The van der Waals surface area contributed by atoms with Crippen LogP contribution >= 0.6 is 11.6 Å². The smallest absolute Gasteiger partial charge is 0.226 e. The van der Waals surface area contributed by atoms with Gasteiger partial charge in [-0.3, -0.25) is 0 Å². The fraction of sp³-hybridized carbons (Fsp3) is 0.0833. The Balaban J connectivity index is 2.07. The molecule has 0 atom stereocenters. The topological polar surface area (TPSA) is 75.7 Å². The molecule has 1 aromatic carbocycles. The number of methoxy groups -OCH3 is 1. The van der Waals surface area contributed by atoms with E-state index in [4.69, 9.17) is 16.3 Å². The first-order chi connectivity index (χ1) is 9.67. The second kappa shape index (κ2) is 4.93. The fourth-order valence-corrected chi connectivity index (χ4v) is 1.92. The molecular weight excluding hydrogens is 285 g/mol. The molecule has 0 bridgehead atoms. The number of nitrogens with zero attached hydrogens (tertiary/aromatic N) is 3. The zero-order chi connectivity index (χ0) is 14.1. The van der Waals surface area contributed by atoms with Crippen LogP contribution in [0.2, 0.25) is 5.28 Å². The summed E-state index contributed by atoms with van der Waals surface area (Å²) in [5, 5.41) is 2.88. The van der Waals surface area contributed by atoms with Crippen molar-refractivity contribution in [1.29, 1.82) is 0 Å². The van der Waals surface area contributed by atoms with Crippen LogP contribution in [-0.4, -0.2) is 27.0 Å². The molecule has 3 rings (SSSR count). The molecular formula is C12H9ClFN5O. The van der Waals surface area contributed by atoms with Crippen LogP contribution in [0.3, 0.4) is 0 Å². The van der Waals surface area contributed by atoms with E-state index in [2.05, 4.69) is 25.3 Å². The maximum Gasteiger partial charge on any atom is 0.226 e. The van der Waals surface area contributed by atoms with E-state index in [0.29, 0.717) is 22.7 Å². The van der Waals surface area contributed by atoms with E-state index >= 15 is 0 Å². The van der Waals surface area contributed by atoms with Crippen LogP contribution in [0.1, 0.15) is 0 Å². The standard InChI is InChI=1S/C12H9ClFN5O/c1-20-6-2-3-7(14)8(4-6)17-11-9-10(16-5-15-9)18-12(13)19-11/h2-5H,1H3,(H2,15,16,17,18,19). The number of ether oxygens (including phenoxy) is 1. The van der Waals surface area contributed by atoms with Gasteiger partial charge in [-0.05, 0) is 23.7 Å². The van der Waals surface area contributed by atoms with Crippen LogP contribution in [-0.2, 0) is 0 Å². The molecule has 0 fully saturated rings. The van der Waals surface area contributed by atoms with Crippen molar-refractivity contribution in [1.82, 2.24) is 19.9 Å². The molecule has 0 amide bonds. The summed E-state index contributed by atoms with van der Waals surface area (Å²) in [5.41, 5.74) is 1.16. The van der Waals surface area contributed by atoms with E-state index < -0.39 is 5.82 Å². The van der Waals surface area contributed by atoms with Gasteiger partial charge in [0.2, 0.25) is 5.28 Å². The Bertz CT molecular complexity index is 776. The van der Waals surface area contributed by atoms with Crippen molar-refractivity contribution in [3.63, 3.8) is 0 Å². The Morgan fingerprint density at radius 2 is 2.20 bits per heavy atom. The number of imidazole rings is 1.